The summed E-state index contributed by atoms with van der Waals surface area (Å²) in [6.45, 7) is 7.30. The standard InChI is InChI=1S/C20H30FN3O3/c1-2-22-20(23-10-4-13-25-17-8-6-16(21)7-9-17)24-11-14-27-19(15-24)18-5-3-12-26-18/h6-9,18-19H,2-5,10-15H2,1H3,(H,22,23). The van der Waals surface area contributed by atoms with Gasteiger partial charge in [-0.3, -0.25) is 4.99 Å². The van der Waals surface area contributed by atoms with Crippen molar-refractivity contribution in [3.8, 4) is 5.75 Å². The van der Waals surface area contributed by atoms with E-state index in [2.05, 4.69) is 17.1 Å². The van der Waals surface area contributed by atoms with Crippen molar-refractivity contribution in [3.63, 3.8) is 0 Å². The molecule has 0 aliphatic carbocycles. The molecule has 0 radical (unpaired) electrons. The van der Waals surface area contributed by atoms with Crippen molar-refractivity contribution in [1.29, 1.82) is 0 Å². The van der Waals surface area contributed by atoms with Crippen molar-refractivity contribution in [1.82, 2.24) is 10.2 Å². The predicted molar refractivity (Wildman–Crippen MR) is 103 cm³/mol. The first-order chi connectivity index (χ1) is 13.3. The van der Waals surface area contributed by atoms with Gasteiger partial charge in [-0.1, -0.05) is 0 Å². The molecule has 2 heterocycles. The lowest BCUT2D eigenvalue weighted by atomic mass is 10.1. The van der Waals surface area contributed by atoms with Gasteiger partial charge in [-0.25, -0.2) is 4.39 Å². The Balaban J connectivity index is 1.46. The molecular weight excluding hydrogens is 349 g/mol. The second kappa shape index (κ2) is 10.5. The molecule has 0 amide bonds. The van der Waals surface area contributed by atoms with Crippen LogP contribution in [-0.4, -0.2) is 69.1 Å². The van der Waals surface area contributed by atoms with Crippen LogP contribution in [0.25, 0.3) is 0 Å². The fraction of sp³-hybridized carbons (Fsp3) is 0.650. The molecule has 0 aromatic heterocycles. The monoisotopic (exact) mass is 379 g/mol. The average Bonchev–Trinajstić information content (AvgIpc) is 3.23. The predicted octanol–water partition coefficient (Wildman–Crippen LogP) is 2.44. The Labute approximate surface area is 160 Å². The van der Waals surface area contributed by atoms with Gasteiger partial charge in [0.1, 0.15) is 17.7 Å². The first kappa shape index (κ1) is 19.9. The summed E-state index contributed by atoms with van der Waals surface area (Å²) in [5, 5.41) is 3.38. The Morgan fingerprint density at radius 2 is 2.07 bits per heavy atom. The van der Waals surface area contributed by atoms with Crippen molar-refractivity contribution in [2.45, 2.75) is 38.4 Å². The van der Waals surface area contributed by atoms with E-state index in [4.69, 9.17) is 19.2 Å². The maximum Gasteiger partial charge on any atom is 0.194 e. The first-order valence-corrected chi connectivity index (χ1v) is 9.91. The van der Waals surface area contributed by atoms with Gasteiger partial charge in [-0.15, -0.1) is 0 Å². The molecule has 2 unspecified atom stereocenters. The highest BCUT2D eigenvalue weighted by Gasteiger charge is 2.32. The van der Waals surface area contributed by atoms with E-state index >= 15 is 0 Å². The minimum absolute atomic E-state index is 0.118. The molecular formula is C20H30FN3O3. The van der Waals surface area contributed by atoms with Crippen LogP contribution in [0.1, 0.15) is 26.2 Å². The second-order valence-corrected chi connectivity index (χ2v) is 6.80. The summed E-state index contributed by atoms with van der Waals surface area (Å²) in [5.74, 6) is 1.35. The van der Waals surface area contributed by atoms with E-state index in [1.54, 1.807) is 12.1 Å². The smallest absolute Gasteiger partial charge is 0.194 e. The molecule has 6 nitrogen and oxygen atoms in total. The number of hydrogen-bond acceptors (Lipinski definition) is 4. The lowest BCUT2D eigenvalue weighted by Crippen LogP contribution is -2.53. The third-order valence-corrected chi connectivity index (χ3v) is 4.75. The van der Waals surface area contributed by atoms with E-state index in [1.807, 2.05) is 0 Å². The molecule has 2 fully saturated rings. The first-order valence-electron chi connectivity index (χ1n) is 9.91. The third kappa shape index (κ3) is 6.07. The normalized spacial score (nSPS) is 23.5. The fourth-order valence-electron chi connectivity index (χ4n) is 3.38. The minimum atomic E-state index is -0.256. The van der Waals surface area contributed by atoms with Crippen LogP contribution in [0.4, 0.5) is 4.39 Å². The fourth-order valence-corrected chi connectivity index (χ4v) is 3.38. The Morgan fingerprint density at radius 3 is 2.81 bits per heavy atom. The van der Waals surface area contributed by atoms with E-state index in [0.29, 0.717) is 25.5 Å². The van der Waals surface area contributed by atoms with Crippen LogP contribution in [0, 0.1) is 5.82 Å². The summed E-state index contributed by atoms with van der Waals surface area (Å²) >= 11 is 0. The Morgan fingerprint density at radius 1 is 1.26 bits per heavy atom. The van der Waals surface area contributed by atoms with Crippen LogP contribution in [0.5, 0.6) is 5.75 Å². The van der Waals surface area contributed by atoms with Gasteiger partial charge in [0.05, 0.1) is 19.3 Å². The van der Waals surface area contributed by atoms with Crippen LogP contribution in [0.15, 0.2) is 29.3 Å². The Kier molecular flexibility index (Phi) is 7.71. The van der Waals surface area contributed by atoms with Crippen molar-refractivity contribution in [3.05, 3.63) is 30.1 Å². The minimum Gasteiger partial charge on any atom is -0.494 e. The SMILES string of the molecule is CCNC(=NCCCOc1ccc(F)cc1)N1CCOC(C2CCCO2)C1. The molecule has 1 N–H and O–H groups in total. The maximum absolute atomic E-state index is 12.9. The molecule has 1 aromatic carbocycles. The van der Waals surface area contributed by atoms with Gasteiger partial charge in [-0.05, 0) is 44.0 Å². The van der Waals surface area contributed by atoms with E-state index in [0.717, 1.165) is 51.5 Å². The molecule has 150 valence electrons. The molecule has 1 aromatic rings. The Bertz CT molecular complexity index is 591. The molecule has 0 spiro atoms. The number of guanidine groups is 1. The summed E-state index contributed by atoms with van der Waals surface area (Å²) in [6, 6.07) is 6.09. The Hall–Kier alpha value is -1.86. The molecule has 2 aliphatic heterocycles. The molecule has 0 bridgehead atoms. The van der Waals surface area contributed by atoms with Gasteiger partial charge in [0, 0.05) is 39.2 Å². The van der Waals surface area contributed by atoms with Gasteiger partial charge >= 0.3 is 0 Å². The zero-order valence-corrected chi connectivity index (χ0v) is 16.0. The number of nitrogens with one attached hydrogen (secondary N) is 1. The number of aliphatic imine (C=N–C) groups is 1. The molecule has 2 aliphatic rings. The lowest BCUT2D eigenvalue weighted by molar-refractivity contribution is -0.0817. The maximum atomic E-state index is 12.9. The van der Waals surface area contributed by atoms with Gasteiger partial charge in [0.2, 0.25) is 0 Å². The van der Waals surface area contributed by atoms with Crippen molar-refractivity contribution in [2.24, 2.45) is 4.99 Å². The largest absolute Gasteiger partial charge is 0.494 e. The number of nitrogens with zero attached hydrogens (tertiary/aromatic N) is 2. The second-order valence-electron chi connectivity index (χ2n) is 6.80. The highest BCUT2D eigenvalue weighted by atomic mass is 19.1. The summed E-state index contributed by atoms with van der Waals surface area (Å²) in [7, 11) is 0. The number of halogens is 1. The van der Waals surface area contributed by atoms with Crippen LogP contribution in [0.3, 0.4) is 0 Å². The quantitative estimate of drug-likeness (QED) is 0.448. The van der Waals surface area contributed by atoms with E-state index in [9.17, 15) is 4.39 Å². The zero-order chi connectivity index (χ0) is 18.9. The van der Waals surface area contributed by atoms with Gasteiger partial charge in [0.15, 0.2) is 5.96 Å². The van der Waals surface area contributed by atoms with Gasteiger partial charge in [0.25, 0.3) is 0 Å². The highest BCUT2D eigenvalue weighted by molar-refractivity contribution is 5.80. The number of hydrogen-bond donors (Lipinski definition) is 1. The molecule has 2 saturated heterocycles. The van der Waals surface area contributed by atoms with Crippen LogP contribution in [0.2, 0.25) is 0 Å². The summed E-state index contributed by atoms with van der Waals surface area (Å²) in [5.41, 5.74) is 0. The van der Waals surface area contributed by atoms with Crippen LogP contribution < -0.4 is 10.1 Å². The molecule has 7 heteroatoms. The summed E-state index contributed by atoms with van der Waals surface area (Å²) < 4.78 is 30.2. The van der Waals surface area contributed by atoms with Crippen molar-refractivity contribution >= 4 is 5.96 Å². The molecule has 2 atom stereocenters. The number of rotatable bonds is 7. The van der Waals surface area contributed by atoms with E-state index < -0.39 is 0 Å². The van der Waals surface area contributed by atoms with Gasteiger partial charge in [-0.2, -0.15) is 0 Å². The average molecular weight is 379 g/mol. The highest BCUT2D eigenvalue weighted by Crippen LogP contribution is 2.21. The summed E-state index contributed by atoms with van der Waals surface area (Å²) in [6.07, 6.45) is 3.32. The van der Waals surface area contributed by atoms with Crippen LogP contribution >= 0.6 is 0 Å². The van der Waals surface area contributed by atoms with Crippen molar-refractivity contribution in [2.75, 3.05) is 46.0 Å². The molecule has 3 rings (SSSR count). The third-order valence-electron chi connectivity index (χ3n) is 4.75. The van der Waals surface area contributed by atoms with Gasteiger partial charge < -0.3 is 24.4 Å². The van der Waals surface area contributed by atoms with E-state index in [-0.39, 0.29) is 18.0 Å². The number of morpholine rings is 1. The lowest BCUT2D eigenvalue weighted by Gasteiger charge is -2.37. The van der Waals surface area contributed by atoms with E-state index in [1.165, 1.54) is 12.1 Å². The molecule has 0 saturated carbocycles. The molecule has 27 heavy (non-hydrogen) atoms. The van der Waals surface area contributed by atoms with Crippen LogP contribution in [-0.2, 0) is 9.47 Å². The van der Waals surface area contributed by atoms with Crippen molar-refractivity contribution < 1.29 is 18.6 Å². The zero-order valence-electron chi connectivity index (χ0n) is 16.0. The summed E-state index contributed by atoms with van der Waals surface area (Å²) in [4.78, 5) is 7.00. The topological polar surface area (TPSA) is 55.3 Å². The number of ether oxygens (including phenoxy) is 3. The number of benzene rings is 1.